The van der Waals surface area contributed by atoms with Crippen LogP contribution in [0.1, 0.15) is 23.6 Å². The zero-order valence-corrected chi connectivity index (χ0v) is 10.7. The summed E-state index contributed by atoms with van der Waals surface area (Å²) in [7, 11) is 0. The van der Waals surface area contributed by atoms with Gasteiger partial charge in [0.25, 0.3) is 5.09 Å². The average Bonchev–Trinajstić information content (AvgIpc) is 2.94. The molecule has 1 aromatic heterocycles. The van der Waals surface area contributed by atoms with Crippen molar-refractivity contribution in [1.82, 2.24) is 9.55 Å². The second-order valence-electron chi connectivity index (χ2n) is 4.15. The second kappa shape index (κ2) is 5.71. The Morgan fingerprint density at radius 3 is 2.89 bits per heavy atom. The fourth-order valence-electron chi connectivity index (χ4n) is 2.31. The molecule has 1 unspecified atom stereocenters. The molecule has 1 aromatic carbocycles. The fraction of sp³-hybridized carbons (Fsp3) is 0.250. The maximum Gasteiger partial charge on any atom is 0.291 e. The number of aryl methyl sites for hydroxylation is 1. The molecule has 19 heavy (non-hydrogen) atoms. The normalized spacial score (nSPS) is 16.4. The molecule has 100 valence electrons. The first-order valence-electron chi connectivity index (χ1n) is 5.67. The molecule has 1 heterocycles. The Hall–Kier alpha value is -2.08. The zero-order valence-electron chi connectivity index (χ0n) is 9.94. The third-order valence-corrected chi connectivity index (χ3v) is 3.27. The van der Waals surface area contributed by atoms with E-state index >= 15 is 0 Å². The van der Waals surface area contributed by atoms with Gasteiger partial charge in [0, 0.05) is 17.4 Å². The predicted octanol–water partition coefficient (Wildman–Crippen LogP) is 2.72. The minimum Gasteiger partial charge on any atom is -0.330 e. The van der Waals surface area contributed by atoms with Crippen molar-refractivity contribution in [1.29, 1.82) is 0 Å². The summed E-state index contributed by atoms with van der Waals surface area (Å²) >= 11 is 6.03. The van der Waals surface area contributed by atoms with Crippen LogP contribution in [0.15, 0.2) is 36.9 Å². The first-order valence-corrected chi connectivity index (χ1v) is 6.04. The van der Waals surface area contributed by atoms with Gasteiger partial charge in [0.1, 0.15) is 0 Å². The van der Waals surface area contributed by atoms with Crippen LogP contribution in [-0.4, -0.2) is 19.8 Å². The van der Waals surface area contributed by atoms with Crippen molar-refractivity contribution in [3.63, 3.8) is 0 Å². The summed E-state index contributed by atoms with van der Waals surface area (Å²) < 4.78 is 2.15. The zero-order chi connectivity index (χ0) is 13.8. The Balaban J connectivity index is 0.000000297. The SMILES string of the molecule is Clc1ccc2c(c1)C(n1ccnc1)CC2.O=[N+]([O-])O. The first kappa shape index (κ1) is 13.4. The summed E-state index contributed by atoms with van der Waals surface area (Å²) in [5, 5.41) is 14.5. The Kier molecular flexibility index (Phi) is 4.01. The van der Waals surface area contributed by atoms with Gasteiger partial charge < -0.3 is 9.77 Å². The van der Waals surface area contributed by atoms with Crippen molar-refractivity contribution in [3.05, 3.63) is 63.2 Å². The number of imidazole rings is 1. The maximum absolute atomic E-state index is 8.36. The molecule has 1 aliphatic carbocycles. The highest BCUT2D eigenvalue weighted by Gasteiger charge is 2.23. The number of halogens is 1. The van der Waals surface area contributed by atoms with Gasteiger partial charge in [-0.15, -0.1) is 10.1 Å². The highest BCUT2D eigenvalue weighted by molar-refractivity contribution is 6.30. The molecule has 7 heteroatoms. The van der Waals surface area contributed by atoms with E-state index in [9.17, 15) is 0 Å². The molecule has 6 nitrogen and oxygen atoms in total. The van der Waals surface area contributed by atoms with Crippen molar-refractivity contribution < 1.29 is 10.3 Å². The average molecular weight is 282 g/mol. The van der Waals surface area contributed by atoms with Gasteiger partial charge in [-0.1, -0.05) is 17.7 Å². The predicted molar refractivity (Wildman–Crippen MR) is 68.9 cm³/mol. The Morgan fingerprint density at radius 2 is 2.26 bits per heavy atom. The lowest BCUT2D eigenvalue weighted by molar-refractivity contribution is -0.742. The molecule has 1 atom stereocenters. The molecule has 0 fully saturated rings. The summed E-state index contributed by atoms with van der Waals surface area (Å²) in [4.78, 5) is 12.5. The van der Waals surface area contributed by atoms with E-state index < -0.39 is 5.09 Å². The highest BCUT2D eigenvalue weighted by Crippen LogP contribution is 2.35. The van der Waals surface area contributed by atoms with Crippen LogP contribution in [0.2, 0.25) is 5.02 Å². The van der Waals surface area contributed by atoms with Crippen molar-refractivity contribution in [2.24, 2.45) is 0 Å². The number of hydrogen-bond donors (Lipinski definition) is 1. The number of rotatable bonds is 1. The van der Waals surface area contributed by atoms with E-state index in [-0.39, 0.29) is 0 Å². The smallest absolute Gasteiger partial charge is 0.291 e. The van der Waals surface area contributed by atoms with E-state index in [0.29, 0.717) is 6.04 Å². The van der Waals surface area contributed by atoms with E-state index in [4.69, 9.17) is 26.9 Å². The first-order chi connectivity index (χ1) is 9.08. The van der Waals surface area contributed by atoms with Gasteiger partial charge in [-0.2, -0.15) is 0 Å². The van der Waals surface area contributed by atoms with Crippen LogP contribution < -0.4 is 0 Å². The lowest BCUT2D eigenvalue weighted by Gasteiger charge is -2.13. The van der Waals surface area contributed by atoms with Crippen molar-refractivity contribution in [3.8, 4) is 0 Å². The van der Waals surface area contributed by atoms with Gasteiger partial charge >= 0.3 is 0 Å². The Morgan fingerprint density at radius 1 is 1.53 bits per heavy atom. The quantitative estimate of drug-likeness (QED) is 0.644. The highest BCUT2D eigenvalue weighted by atomic mass is 35.5. The molecule has 0 saturated carbocycles. The van der Waals surface area contributed by atoms with Crippen molar-refractivity contribution in [2.75, 3.05) is 0 Å². The Labute approximate surface area is 114 Å². The monoisotopic (exact) mass is 281 g/mol. The summed E-state index contributed by atoms with van der Waals surface area (Å²) in [6, 6.07) is 6.60. The van der Waals surface area contributed by atoms with Crippen LogP contribution in [0.25, 0.3) is 0 Å². The third kappa shape index (κ3) is 3.23. The van der Waals surface area contributed by atoms with E-state index in [1.54, 1.807) is 0 Å². The molecule has 1 N–H and O–H groups in total. The Bertz CT molecular complexity index is 568. The largest absolute Gasteiger partial charge is 0.330 e. The third-order valence-electron chi connectivity index (χ3n) is 3.04. The van der Waals surface area contributed by atoms with Crippen LogP contribution in [0.4, 0.5) is 0 Å². The molecular weight excluding hydrogens is 270 g/mol. The molecule has 3 rings (SSSR count). The molecule has 0 saturated heterocycles. The van der Waals surface area contributed by atoms with E-state index in [0.717, 1.165) is 17.9 Å². The van der Waals surface area contributed by atoms with Gasteiger partial charge in [-0.05, 0) is 36.1 Å². The van der Waals surface area contributed by atoms with Gasteiger partial charge in [0.2, 0.25) is 0 Å². The summed E-state index contributed by atoms with van der Waals surface area (Å²) in [5.74, 6) is 0. The molecule has 0 spiro atoms. The van der Waals surface area contributed by atoms with Crippen LogP contribution in [0.3, 0.4) is 0 Å². The summed E-state index contributed by atoms with van der Waals surface area (Å²) in [6.45, 7) is 0. The molecule has 0 radical (unpaired) electrons. The van der Waals surface area contributed by atoms with Gasteiger partial charge in [-0.3, -0.25) is 0 Å². The van der Waals surface area contributed by atoms with E-state index in [1.807, 2.05) is 24.8 Å². The molecular formula is C12H12ClN3O3. The maximum atomic E-state index is 8.36. The van der Waals surface area contributed by atoms with Crippen LogP contribution in [0, 0.1) is 10.1 Å². The standard InChI is InChI=1S/C12H11ClN2.HNO3/c13-10-3-1-9-2-4-12(11(9)7-10)15-6-5-14-8-15;2-1(3)4/h1,3,5-8,12H,2,4H2;(H,2,3,4). The number of nitrogens with zero attached hydrogens (tertiary/aromatic N) is 3. The molecule has 0 aliphatic heterocycles. The van der Waals surface area contributed by atoms with Crippen LogP contribution in [-0.2, 0) is 6.42 Å². The molecule has 2 aromatic rings. The number of benzene rings is 1. The topological polar surface area (TPSA) is 81.2 Å². The fourth-order valence-corrected chi connectivity index (χ4v) is 2.50. The number of hydrogen-bond acceptors (Lipinski definition) is 3. The minimum atomic E-state index is -1.50. The lowest BCUT2D eigenvalue weighted by atomic mass is 10.1. The van der Waals surface area contributed by atoms with Crippen LogP contribution in [0.5, 0.6) is 0 Å². The number of fused-ring (bicyclic) bond motifs is 1. The lowest BCUT2D eigenvalue weighted by Crippen LogP contribution is -2.04. The summed E-state index contributed by atoms with van der Waals surface area (Å²) in [6.07, 6.45) is 7.99. The molecule has 1 aliphatic rings. The van der Waals surface area contributed by atoms with Crippen molar-refractivity contribution >= 4 is 11.6 Å². The molecule has 0 amide bonds. The number of aromatic nitrogens is 2. The van der Waals surface area contributed by atoms with E-state index in [2.05, 4.69) is 21.7 Å². The minimum absolute atomic E-state index is 0.418. The van der Waals surface area contributed by atoms with Gasteiger partial charge in [0.15, 0.2) is 0 Å². The van der Waals surface area contributed by atoms with Gasteiger partial charge in [0.05, 0.1) is 12.4 Å². The van der Waals surface area contributed by atoms with E-state index in [1.165, 1.54) is 11.1 Å². The van der Waals surface area contributed by atoms with Crippen molar-refractivity contribution in [2.45, 2.75) is 18.9 Å². The van der Waals surface area contributed by atoms with Crippen LogP contribution >= 0.6 is 11.6 Å². The van der Waals surface area contributed by atoms with Gasteiger partial charge in [-0.25, -0.2) is 4.98 Å². The summed E-state index contributed by atoms with van der Waals surface area (Å²) in [5.41, 5.74) is 2.76. The molecule has 0 bridgehead atoms. The second-order valence-corrected chi connectivity index (χ2v) is 4.58.